The Hall–Kier alpha value is -2.65. The Morgan fingerprint density at radius 2 is 1.75 bits per heavy atom. The number of piperazine rings is 1. The van der Waals surface area contributed by atoms with Crippen LogP contribution in [0.15, 0.2) is 30.5 Å². The number of rotatable bonds is 6. The van der Waals surface area contributed by atoms with E-state index in [9.17, 15) is 9.18 Å². The molecule has 1 aromatic carbocycles. The summed E-state index contributed by atoms with van der Waals surface area (Å²) in [5.74, 6) is 0.359. The monoisotopic (exact) mass is 441 g/mol. The van der Waals surface area contributed by atoms with Crippen molar-refractivity contribution in [3.63, 3.8) is 0 Å². The summed E-state index contributed by atoms with van der Waals surface area (Å²) in [7, 11) is 4.25. The molecule has 4 rings (SSSR count). The number of benzene rings is 1. The van der Waals surface area contributed by atoms with E-state index in [0.717, 1.165) is 44.3 Å². The summed E-state index contributed by atoms with van der Waals surface area (Å²) in [4.78, 5) is 23.6. The van der Waals surface area contributed by atoms with Crippen LogP contribution in [0.2, 0.25) is 0 Å². The van der Waals surface area contributed by atoms with Gasteiger partial charge in [0.1, 0.15) is 5.82 Å². The molecule has 172 valence electrons. The lowest BCUT2D eigenvalue weighted by molar-refractivity contribution is -0.126. The summed E-state index contributed by atoms with van der Waals surface area (Å²) in [6, 6.07) is 6.56. The van der Waals surface area contributed by atoms with Crippen LogP contribution in [0.1, 0.15) is 25.7 Å². The van der Waals surface area contributed by atoms with Crippen LogP contribution in [0.25, 0.3) is 11.3 Å². The predicted molar refractivity (Wildman–Crippen MR) is 121 cm³/mol. The first-order valence-corrected chi connectivity index (χ1v) is 11.3. The lowest BCUT2D eigenvalue weighted by Gasteiger charge is -2.43. The van der Waals surface area contributed by atoms with Gasteiger partial charge in [-0.3, -0.25) is 9.69 Å². The highest BCUT2D eigenvalue weighted by Gasteiger charge is 2.37. The van der Waals surface area contributed by atoms with Crippen LogP contribution < -0.4 is 10.6 Å². The van der Waals surface area contributed by atoms with E-state index in [2.05, 4.69) is 44.0 Å². The third-order valence-electron chi connectivity index (χ3n) is 6.89. The van der Waals surface area contributed by atoms with Gasteiger partial charge in [-0.25, -0.2) is 9.37 Å². The van der Waals surface area contributed by atoms with E-state index >= 15 is 0 Å². The van der Waals surface area contributed by atoms with E-state index in [-0.39, 0.29) is 17.8 Å². The maximum Gasteiger partial charge on any atom is 0.245 e. The molecule has 1 saturated carbocycles. The molecule has 1 saturated heterocycles. The summed E-state index contributed by atoms with van der Waals surface area (Å²) >= 11 is 0. The van der Waals surface area contributed by atoms with Crippen molar-refractivity contribution >= 4 is 11.9 Å². The van der Waals surface area contributed by atoms with E-state index in [4.69, 9.17) is 5.73 Å². The van der Waals surface area contributed by atoms with Crippen LogP contribution in [-0.4, -0.2) is 83.2 Å². The van der Waals surface area contributed by atoms with Gasteiger partial charge in [0.05, 0.1) is 17.9 Å². The third kappa shape index (κ3) is 5.05. The minimum Gasteiger partial charge on any atom is -0.368 e. The normalized spacial score (nSPS) is 23.3. The molecule has 1 aromatic heterocycles. The van der Waals surface area contributed by atoms with E-state index < -0.39 is 0 Å². The summed E-state index contributed by atoms with van der Waals surface area (Å²) in [6.07, 6.45) is 5.86. The number of primary amides is 1. The summed E-state index contributed by atoms with van der Waals surface area (Å²) in [5, 5.41) is 8.30. The Kier molecular flexibility index (Phi) is 6.95. The maximum atomic E-state index is 13.2. The molecule has 2 N–H and O–H groups in total. The van der Waals surface area contributed by atoms with Gasteiger partial charge in [-0.2, -0.15) is 5.10 Å². The second-order valence-corrected chi connectivity index (χ2v) is 9.05. The molecule has 2 aromatic rings. The number of nitrogens with zero attached hydrogens (tertiary/aromatic N) is 6. The molecular weight excluding hydrogens is 409 g/mol. The van der Waals surface area contributed by atoms with Gasteiger partial charge in [0.2, 0.25) is 11.9 Å². The van der Waals surface area contributed by atoms with Crippen molar-refractivity contribution < 1.29 is 9.18 Å². The van der Waals surface area contributed by atoms with Crippen LogP contribution in [0.5, 0.6) is 0 Å². The number of halogens is 1. The zero-order valence-electron chi connectivity index (χ0n) is 18.8. The number of nitrogens with two attached hydrogens (primary N) is 1. The lowest BCUT2D eigenvalue weighted by Crippen LogP contribution is -2.57. The van der Waals surface area contributed by atoms with Gasteiger partial charge in [-0.05, 0) is 70.0 Å². The van der Waals surface area contributed by atoms with Gasteiger partial charge in [-0.1, -0.05) is 0 Å². The van der Waals surface area contributed by atoms with Crippen LogP contribution in [-0.2, 0) is 4.79 Å². The van der Waals surface area contributed by atoms with Crippen molar-refractivity contribution in [2.45, 2.75) is 37.8 Å². The topological polar surface area (TPSA) is 91.5 Å². The highest BCUT2D eigenvalue weighted by atomic mass is 19.1. The van der Waals surface area contributed by atoms with E-state index in [1.54, 1.807) is 18.3 Å². The molecule has 9 heteroatoms. The number of hydrogen-bond acceptors (Lipinski definition) is 7. The third-order valence-corrected chi connectivity index (χ3v) is 6.89. The zero-order valence-corrected chi connectivity index (χ0v) is 18.8. The lowest BCUT2D eigenvalue weighted by atomic mass is 9.80. The Morgan fingerprint density at radius 3 is 2.34 bits per heavy atom. The molecule has 1 amide bonds. The van der Waals surface area contributed by atoms with E-state index in [1.165, 1.54) is 12.1 Å². The fraction of sp³-hybridized carbons (Fsp3) is 0.565. The van der Waals surface area contributed by atoms with Gasteiger partial charge in [0.25, 0.3) is 0 Å². The van der Waals surface area contributed by atoms with Crippen molar-refractivity contribution in [1.82, 2.24) is 25.0 Å². The van der Waals surface area contributed by atoms with E-state index in [0.29, 0.717) is 36.7 Å². The standard InChI is InChI=1S/C23H32FN7O/c1-29(2)19-9-5-17(6-10-19)21(22(25)32)30-11-13-31(14-12-30)23-27-20(15-26-28-23)16-3-7-18(24)8-4-16/h3-4,7-8,15,17,19,21H,5-6,9-14H2,1-2H3,(H2,25,32)/t17-,19-,21?. The largest absolute Gasteiger partial charge is 0.368 e. The highest BCUT2D eigenvalue weighted by molar-refractivity contribution is 5.80. The number of carbonyl (C=O) groups is 1. The second kappa shape index (κ2) is 9.87. The molecule has 1 aliphatic heterocycles. The molecule has 1 aliphatic carbocycles. The minimum absolute atomic E-state index is 0.218. The van der Waals surface area contributed by atoms with Crippen molar-refractivity contribution in [1.29, 1.82) is 0 Å². The number of carbonyl (C=O) groups excluding carboxylic acids is 1. The molecule has 2 heterocycles. The molecule has 0 radical (unpaired) electrons. The van der Waals surface area contributed by atoms with Gasteiger partial charge in [0, 0.05) is 37.8 Å². The smallest absolute Gasteiger partial charge is 0.245 e. The average molecular weight is 442 g/mol. The van der Waals surface area contributed by atoms with Gasteiger partial charge in [-0.15, -0.1) is 5.10 Å². The predicted octanol–water partition coefficient (Wildman–Crippen LogP) is 1.77. The van der Waals surface area contributed by atoms with Gasteiger partial charge in [0.15, 0.2) is 0 Å². The molecule has 2 aliphatic rings. The molecule has 2 fully saturated rings. The second-order valence-electron chi connectivity index (χ2n) is 9.05. The molecule has 0 spiro atoms. The van der Waals surface area contributed by atoms with Crippen molar-refractivity contribution in [3.8, 4) is 11.3 Å². The first-order chi connectivity index (χ1) is 15.4. The minimum atomic E-state index is -0.286. The Bertz CT molecular complexity index is 907. The average Bonchev–Trinajstić information content (AvgIpc) is 2.80. The van der Waals surface area contributed by atoms with Crippen LogP contribution in [0.3, 0.4) is 0 Å². The SMILES string of the molecule is CN(C)[C@H]1CC[C@H](C(C(N)=O)N2CCN(c3nncc(-c4ccc(F)cc4)n3)CC2)CC1. The van der Waals surface area contributed by atoms with Crippen LogP contribution in [0.4, 0.5) is 10.3 Å². The van der Waals surface area contributed by atoms with Crippen LogP contribution >= 0.6 is 0 Å². The molecule has 0 bridgehead atoms. The highest BCUT2D eigenvalue weighted by Crippen LogP contribution is 2.31. The number of hydrogen-bond donors (Lipinski definition) is 1. The first kappa shape index (κ1) is 22.5. The number of amides is 1. The number of aromatic nitrogens is 3. The van der Waals surface area contributed by atoms with Crippen LogP contribution in [0, 0.1) is 11.7 Å². The van der Waals surface area contributed by atoms with Gasteiger partial charge >= 0.3 is 0 Å². The maximum absolute atomic E-state index is 13.2. The van der Waals surface area contributed by atoms with E-state index in [1.807, 2.05) is 0 Å². The van der Waals surface area contributed by atoms with Gasteiger partial charge < -0.3 is 15.5 Å². The first-order valence-electron chi connectivity index (χ1n) is 11.3. The quantitative estimate of drug-likeness (QED) is 0.731. The number of anilines is 1. The molecule has 1 atom stereocenters. The molecule has 8 nitrogen and oxygen atoms in total. The van der Waals surface area contributed by atoms with Crippen molar-refractivity contribution in [3.05, 3.63) is 36.3 Å². The van der Waals surface area contributed by atoms with Crippen molar-refractivity contribution in [2.75, 3.05) is 45.2 Å². The molecule has 1 unspecified atom stereocenters. The Labute approximate surface area is 188 Å². The molecule has 32 heavy (non-hydrogen) atoms. The Morgan fingerprint density at radius 1 is 1.09 bits per heavy atom. The Balaban J connectivity index is 1.39. The summed E-state index contributed by atoms with van der Waals surface area (Å²) < 4.78 is 13.2. The zero-order chi connectivity index (χ0) is 22.7. The fourth-order valence-corrected chi connectivity index (χ4v) is 5.03. The summed E-state index contributed by atoms with van der Waals surface area (Å²) in [6.45, 7) is 2.85. The summed E-state index contributed by atoms with van der Waals surface area (Å²) in [5.41, 5.74) is 7.32. The fourth-order valence-electron chi connectivity index (χ4n) is 5.03. The van der Waals surface area contributed by atoms with Crippen molar-refractivity contribution in [2.24, 2.45) is 11.7 Å². The molecular formula is C23H32FN7O.